The van der Waals surface area contributed by atoms with E-state index in [4.69, 9.17) is 18.9 Å². The van der Waals surface area contributed by atoms with Gasteiger partial charge >= 0.3 is 21.3 Å². The molecule has 0 aromatic carbocycles. The second-order valence-electron chi connectivity index (χ2n) is 9.28. The number of nitrogens with zero attached hydrogens (tertiary/aromatic N) is 1. The molecule has 0 bridgehead atoms. The van der Waals surface area contributed by atoms with E-state index in [1.807, 2.05) is 4.98 Å². The maximum absolute atomic E-state index is 12.5. The molecule has 3 rings (SSSR count). The average molecular weight is 681 g/mol. The molecule has 6 unspecified atom stereocenters. The standard InChI is InChI=1S/C20H33N3O19P2/c1-36-6-7-37-5-3-21-17(30)16-13(27)12(26)15(29)19(40-16)41-44(34,35)42-43(32,33)38-8-9-11(25)14(28)18(39-9)23-4-2-10(24)22-20(23)31/h2,4,9,11-16,18-19,25-29H,3,5-8H2,1H3,(H,21,30)(H,32,33)(H,34,35)(H,22,24,31)/t9-,11+,12+,13-,14?,15?,16?,18-,19?/m1/s1. The summed E-state index contributed by atoms with van der Waals surface area (Å²) in [5.74, 6) is -1.04. The van der Waals surface area contributed by atoms with E-state index >= 15 is 0 Å². The Morgan fingerprint density at radius 2 is 1.68 bits per heavy atom. The molecule has 2 fully saturated rings. The van der Waals surface area contributed by atoms with Crippen LogP contribution >= 0.6 is 15.6 Å². The molecule has 44 heavy (non-hydrogen) atoms. The Hall–Kier alpha value is -1.95. The van der Waals surface area contributed by atoms with Gasteiger partial charge in [0, 0.05) is 25.9 Å². The SMILES string of the molecule is COCCOCCNC(=O)C1OC(OP(=O)(O)OP(=O)(O)OC[C@H]2O[C@@H](n3ccc(=O)[nH]c3=O)C(O)[C@H]2O)C(O)[C@@H](O)[C@H]1O. The van der Waals surface area contributed by atoms with Gasteiger partial charge in [0.15, 0.2) is 18.6 Å². The number of aliphatic hydroxyl groups is 5. The molecule has 22 nitrogen and oxygen atoms in total. The number of carbonyl (C=O) groups is 1. The molecule has 1 aromatic heterocycles. The predicted molar refractivity (Wildman–Crippen MR) is 137 cm³/mol. The number of aromatic nitrogens is 2. The number of nitrogens with one attached hydrogen (secondary N) is 2. The number of phosphoric ester groups is 2. The van der Waals surface area contributed by atoms with Crippen molar-refractivity contribution in [2.24, 2.45) is 0 Å². The van der Waals surface area contributed by atoms with E-state index in [1.54, 1.807) is 0 Å². The number of phosphoric acid groups is 2. The molecule has 3 heterocycles. The lowest BCUT2D eigenvalue weighted by molar-refractivity contribution is -0.270. The summed E-state index contributed by atoms with van der Waals surface area (Å²) in [5.41, 5.74) is -1.77. The summed E-state index contributed by atoms with van der Waals surface area (Å²) in [7, 11) is -9.85. The van der Waals surface area contributed by atoms with Gasteiger partial charge in [0.2, 0.25) is 0 Å². The van der Waals surface area contributed by atoms with Crippen molar-refractivity contribution in [2.45, 2.75) is 55.2 Å². The van der Waals surface area contributed by atoms with Crippen LogP contribution in [-0.2, 0) is 46.2 Å². The van der Waals surface area contributed by atoms with E-state index in [1.165, 1.54) is 7.11 Å². The van der Waals surface area contributed by atoms with Gasteiger partial charge in [-0.3, -0.25) is 28.2 Å². The molecule has 1 aromatic rings. The first-order chi connectivity index (χ1) is 20.6. The minimum Gasteiger partial charge on any atom is -0.387 e. The Bertz CT molecular complexity index is 1330. The lowest BCUT2D eigenvalue weighted by Gasteiger charge is -2.39. The first kappa shape index (κ1) is 36.5. The summed E-state index contributed by atoms with van der Waals surface area (Å²) in [6.07, 6.45) is -16.6. The van der Waals surface area contributed by atoms with Gasteiger partial charge in [-0.2, -0.15) is 4.31 Å². The van der Waals surface area contributed by atoms with Crippen molar-refractivity contribution >= 4 is 21.6 Å². The third kappa shape index (κ3) is 9.53. The van der Waals surface area contributed by atoms with Gasteiger partial charge in [-0.15, -0.1) is 0 Å². The highest BCUT2D eigenvalue weighted by Crippen LogP contribution is 2.61. The maximum atomic E-state index is 12.5. The zero-order chi connectivity index (χ0) is 32.8. The molecule has 9 N–H and O–H groups in total. The van der Waals surface area contributed by atoms with E-state index in [0.717, 1.165) is 12.3 Å². The van der Waals surface area contributed by atoms with Crippen LogP contribution in [0.1, 0.15) is 6.23 Å². The summed E-state index contributed by atoms with van der Waals surface area (Å²) in [6, 6.07) is 0.921. The van der Waals surface area contributed by atoms with Crippen molar-refractivity contribution < 1.29 is 81.5 Å². The minimum absolute atomic E-state index is 0.0165. The molecule has 0 aliphatic carbocycles. The number of ether oxygens (including phenoxy) is 4. The number of hydrogen-bond acceptors (Lipinski definition) is 17. The maximum Gasteiger partial charge on any atom is 0.483 e. The smallest absolute Gasteiger partial charge is 0.387 e. The summed E-state index contributed by atoms with van der Waals surface area (Å²) < 4.78 is 59.0. The highest BCUT2D eigenvalue weighted by molar-refractivity contribution is 7.61. The number of rotatable bonds is 15. The van der Waals surface area contributed by atoms with Crippen LogP contribution in [0, 0.1) is 0 Å². The van der Waals surface area contributed by atoms with Crippen LogP contribution in [-0.4, -0.2) is 140 Å². The van der Waals surface area contributed by atoms with Crippen LogP contribution in [0.2, 0.25) is 0 Å². The second-order valence-corrected chi connectivity index (χ2v) is 12.3. The Labute approximate surface area is 246 Å². The molecule has 24 heteroatoms. The van der Waals surface area contributed by atoms with Gasteiger partial charge < -0.3 is 59.6 Å². The van der Waals surface area contributed by atoms with E-state index in [9.17, 15) is 58.8 Å². The van der Waals surface area contributed by atoms with Crippen molar-refractivity contribution in [3.05, 3.63) is 33.1 Å². The normalized spacial score (nSPS) is 33.4. The number of hydrogen-bond donors (Lipinski definition) is 9. The zero-order valence-electron chi connectivity index (χ0n) is 22.8. The fourth-order valence-electron chi connectivity index (χ4n) is 3.94. The lowest BCUT2D eigenvalue weighted by atomic mass is 9.98. The number of methoxy groups -OCH3 is 1. The van der Waals surface area contributed by atoms with E-state index in [0.29, 0.717) is 4.57 Å². The molecule has 252 valence electrons. The lowest BCUT2D eigenvalue weighted by Crippen LogP contribution is -2.62. The molecule has 0 spiro atoms. The quantitative estimate of drug-likeness (QED) is 0.0618. The molecular formula is C20H33N3O19P2. The largest absolute Gasteiger partial charge is 0.483 e. The first-order valence-electron chi connectivity index (χ1n) is 12.6. The topological polar surface area (TPSA) is 324 Å². The number of aromatic amines is 1. The highest BCUT2D eigenvalue weighted by atomic mass is 31.3. The fourth-order valence-corrected chi connectivity index (χ4v) is 6.10. The molecular weight excluding hydrogens is 648 g/mol. The highest BCUT2D eigenvalue weighted by Gasteiger charge is 2.51. The van der Waals surface area contributed by atoms with Gasteiger partial charge in [0.05, 0.1) is 26.4 Å². The van der Waals surface area contributed by atoms with Gasteiger partial charge in [-0.1, -0.05) is 0 Å². The molecule has 1 amide bonds. The predicted octanol–water partition coefficient (Wildman–Crippen LogP) is -5.01. The van der Waals surface area contributed by atoms with Crippen molar-refractivity contribution in [1.82, 2.24) is 14.9 Å². The molecule has 2 aliphatic rings. The molecule has 2 saturated heterocycles. The second kappa shape index (κ2) is 15.6. The number of aliphatic hydroxyl groups excluding tert-OH is 5. The Morgan fingerprint density at radius 1 is 0.977 bits per heavy atom. The average Bonchev–Trinajstić information content (AvgIpc) is 3.22. The van der Waals surface area contributed by atoms with E-state index < -0.39 is 94.7 Å². The molecule has 0 radical (unpaired) electrons. The zero-order valence-corrected chi connectivity index (χ0v) is 24.5. The Kier molecular flexibility index (Phi) is 12.9. The molecule has 2 aliphatic heterocycles. The van der Waals surface area contributed by atoms with Crippen LogP contribution in [0.3, 0.4) is 0 Å². The van der Waals surface area contributed by atoms with Crippen LogP contribution in [0.15, 0.2) is 21.9 Å². The van der Waals surface area contributed by atoms with Crippen molar-refractivity contribution in [2.75, 3.05) is 40.1 Å². The van der Waals surface area contributed by atoms with E-state index in [-0.39, 0.29) is 26.4 Å². The van der Waals surface area contributed by atoms with Crippen molar-refractivity contribution in [3.63, 3.8) is 0 Å². The third-order valence-corrected chi connectivity index (χ3v) is 8.71. The fraction of sp³-hybridized carbons (Fsp3) is 0.750. The summed E-state index contributed by atoms with van der Waals surface area (Å²) in [5, 5.41) is 53.1. The van der Waals surface area contributed by atoms with Crippen LogP contribution < -0.4 is 16.6 Å². The number of amides is 1. The Morgan fingerprint density at radius 3 is 2.34 bits per heavy atom. The van der Waals surface area contributed by atoms with Crippen LogP contribution in [0.4, 0.5) is 0 Å². The monoisotopic (exact) mass is 681 g/mol. The third-order valence-electron chi connectivity index (χ3n) is 6.11. The van der Waals surface area contributed by atoms with E-state index in [2.05, 4.69) is 18.7 Å². The van der Waals surface area contributed by atoms with Gasteiger partial charge in [-0.25, -0.2) is 13.9 Å². The van der Waals surface area contributed by atoms with Gasteiger partial charge in [0.1, 0.15) is 36.6 Å². The van der Waals surface area contributed by atoms with Gasteiger partial charge in [-0.05, 0) is 0 Å². The van der Waals surface area contributed by atoms with Crippen LogP contribution in [0.25, 0.3) is 0 Å². The summed E-state index contributed by atoms with van der Waals surface area (Å²) in [4.78, 5) is 57.5. The molecule has 11 atom stereocenters. The number of H-pyrrole nitrogens is 1. The van der Waals surface area contributed by atoms with Crippen molar-refractivity contribution in [1.29, 1.82) is 0 Å². The van der Waals surface area contributed by atoms with Crippen LogP contribution in [0.5, 0.6) is 0 Å². The summed E-state index contributed by atoms with van der Waals surface area (Å²) >= 11 is 0. The minimum atomic E-state index is -5.73. The summed E-state index contributed by atoms with van der Waals surface area (Å²) in [6.45, 7) is -0.634. The van der Waals surface area contributed by atoms with Crippen molar-refractivity contribution in [3.8, 4) is 0 Å². The molecule has 0 saturated carbocycles. The number of carbonyl (C=O) groups excluding carboxylic acids is 1. The van der Waals surface area contributed by atoms with Gasteiger partial charge in [0.25, 0.3) is 11.5 Å². The first-order valence-corrected chi connectivity index (χ1v) is 15.6. The Balaban J connectivity index is 1.57.